The van der Waals surface area contributed by atoms with Gasteiger partial charge in [-0.3, -0.25) is 4.90 Å². The van der Waals surface area contributed by atoms with Crippen LogP contribution in [0.4, 0.5) is 28.0 Å². The van der Waals surface area contributed by atoms with Crippen LogP contribution in [0.2, 0.25) is 0 Å². The van der Waals surface area contributed by atoms with Crippen LogP contribution in [0.1, 0.15) is 17.9 Å². The highest BCUT2D eigenvalue weighted by Gasteiger charge is 2.39. The second kappa shape index (κ2) is 9.05. The van der Waals surface area contributed by atoms with E-state index in [1.54, 1.807) is 0 Å². The Morgan fingerprint density at radius 3 is 2.50 bits per heavy atom. The summed E-state index contributed by atoms with van der Waals surface area (Å²) in [5.41, 5.74) is 0.243. The van der Waals surface area contributed by atoms with Crippen LogP contribution in [0, 0.1) is 11.6 Å². The fourth-order valence-electron chi connectivity index (χ4n) is 3.37. The number of carbonyl (C=O) groups excluding carboxylic acids is 1. The molecule has 8 nitrogen and oxygen atoms in total. The third-order valence-electron chi connectivity index (χ3n) is 5.33. The van der Waals surface area contributed by atoms with Crippen molar-refractivity contribution in [3.63, 3.8) is 0 Å². The van der Waals surface area contributed by atoms with E-state index in [4.69, 9.17) is 4.42 Å². The number of carbonyl (C=O) groups is 1. The van der Waals surface area contributed by atoms with Gasteiger partial charge in [-0.1, -0.05) is 12.1 Å². The lowest BCUT2D eigenvalue weighted by atomic mass is 10.1. The molecule has 2 heterocycles. The number of hydrogen-bond donors (Lipinski definition) is 0. The van der Waals surface area contributed by atoms with Gasteiger partial charge in [0.15, 0.2) is 9.84 Å². The van der Waals surface area contributed by atoms with Gasteiger partial charge >= 0.3 is 12.5 Å². The summed E-state index contributed by atoms with van der Waals surface area (Å²) >= 11 is 0. The number of rotatable bonds is 6. The number of halogens is 4. The van der Waals surface area contributed by atoms with Crippen molar-refractivity contribution in [3.8, 4) is 11.5 Å². The van der Waals surface area contributed by atoms with Crippen molar-refractivity contribution in [1.29, 1.82) is 0 Å². The Labute approximate surface area is 191 Å². The van der Waals surface area contributed by atoms with E-state index in [0.29, 0.717) is 0 Å². The molecule has 1 aliphatic heterocycles. The molecule has 1 fully saturated rings. The molecule has 0 unspecified atom stereocenters. The zero-order valence-corrected chi connectivity index (χ0v) is 18.5. The van der Waals surface area contributed by atoms with Gasteiger partial charge in [-0.15, -0.1) is 10.2 Å². The van der Waals surface area contributed by atoms with Crippen LogP contribution >= 0.6 is 0 Å². The summed E-state index contributed by atoms with van der Waals surface area (Å²) in [4.78, 5) is 15.5. The normalized spacial score (nSPS) is 14.4. The molecule has 0 N–H and O–H groups in total. The number of nitrogens with zero attached hydrogens (tertiary/aromatic N) is 4. The molecule has 0 bridgehead atoms. The largest absolute Gasteiger partial charge is 0.415 e. The fraction of sp³-hybridized carbons (Fsp3) is 0.286. The SMILES string of the molecule is CS(=O)(=O)C1CN(C(=O)N(Cc2ccc(-c3nnc(C(F)F)o3)cc2F)c2cccc(F)c2)C1. The van der Waals surface area contributed by atoms with Crippen LogP contribution in [-0.4, -0.2) is 54.1 Å². The van der Waals surface area contributed by atoms with Crippen LogP contribution in [0.3, 0.4) is 0 Å². The van der Waals surface area contributed by atoms with Gasteiger partial charge in [-0.05, 0) is 30.3 Å². The van der Waals surface area contributed by atoms with Crippen LogP contribution in [0.15, 0.2) is 46.9 Å². The zero-order valence-electron chi connectivity index (χ0n) is 17.7. The van der Waals surface area contributed by atoms with Crippen LogP contribution in [0.5, 0.6) is 0 Å². The lowest BCUT2D eigenvalue weighted by molar-refractivity contribution is 0.116. The Morgan fingerprint density at radius 1 is 1.18 bits per heavy atom. The summed E-state index contributed by atoms with van der Waals surface area (Å²) in [6, 6.07) is 8.18. The Balaban J connectivity index is 1.59. The first-order valence-corrected chi connectivity index (χ1v) is 11.9. The topological polar surface area (TPSA) is 96.6 Å². The number of alkyl halides is 2. The van der Waals surface area contributed by atoms with Crippen molar-refractivity contribution >= 4 is 21.6 Å². The molecule has 1 aliphatic rings. The smallest absolute Gasteiger partial charge is 0.324 e. The molecular weight excluding hydrogens is 480 g/mol. The summed E-state index contributed by atoms with van der Waals surface area (Å²) in [5, 5.41) is 5.97. The number of hydrogen-bond acceptors (Lipinski definition) is 6. The minimum Gasteiger partial charge on any atom is -0.415 e. The molecule has 13 heteroatoms. The Kier molecular flexibility index (Phi) is 6.30. The third-order valence-corrected chi connectivity index (χ3v) is 6.84. The number of amides is 2. The molecule has 1 saturated heterocycles. The zero-order chi connectivity index (χ0) is 24.6. The van der Waals surface area contributed by atoms with Crippen molar-refractivity contribution in [2.45, 2.75) is 18.2 Å². The van der Waals surface area contributed by atoms with E-state index in [-0.39, 0.29) is 42.3 Å². The lowest BCUT2D eigenvalue weighted by Gasteiger charge is -2.41. The third kappa shape index (κ3) is 4.88. The van der Waals surface area contributed by atoms with Gasteiger partial charge in [0.1, 0.15) is 11.6 Å². The number of aromatic nitrogens is 2. The van der Waals surface area contributed by atoms with Gasteiger partial charge in [0.2, 0.25) is 5.89 Å². The molecule has 3 aromatic rings. The number of sulfone groups is 1. The van der Waals surface area contributed by atoms with Crippen LogP contribution in [0.25, 0.3) is 11.5 Å². The number of benzene rings is 2. The summed E-state index contributed by atoms with van der Waals surface area (Å²) in [5.74, 6) is -2.60. The van der Waals surface area contributed by atoms with Crippen molar-refractivity contribution in [1.82, 2.24) is 15.1 Å². The fourth-order valence-corrected chi connectivity index (χ4v) is 4.27. The quantitative estimate of drug-likeness (QED) is 0.480. The summed E-state index contributed by atoms with van der Waals surface area (Å²) < 4.78 is 82.2. The van der Waals surface area contributed by atoms with Crippen LogP contribution < -0.4 is 4.90 Å². The molecule has 180 valence electrons. The molecule has 2 amide bonds. The van der Waals surface area contributed by atoms with E-state index in [2.05, 4.69) is 10.2 Å². The highest BCUT2D eigenvalue weighted by atomic mass is 32.2. The molecule has 0 radical (unpaired) electrons. The Bertz CT molecular complexity index is 1330. The van der Waals surface area contributed by atoms with E-state index in [1.165, 1.54) is 35.2 Å². The van der Waals surface area contributed by atoms with Crippen molar-refractivity contribution in [3.05, 3.63) is 65.6 Å². The first kappa shape index (κ1) is 23.7. The first-order valence-electron chi connectivity index (χ1n) is 9.94. The maximum absolute atomic E-state index is 14.9. The lowest BCUT2D eigenvalue weighted by Crippen LogP contribution is -2.60. The monoisotopic (exact) mass is 498 g/mol. The van der Waals surface area contributed by atoms with E-state index in [9.17, 15) is 30.8 Å². The van der Waals surface area contributed by atoms with Crippen LogP contribution in [-0.2, 0) is 16.4 Å². The standard InChI is InChI=1S/C21H18F4N4O4S/c1-34(31,32)16-10-28(11-16)21(30)29(15-4-2-3-14(22)8-15)9-13-6-5-12(7-17(13)23)19-26-27-20(33-19)18(24)25/h2-8,16,18H,9-11H2,1H3. The maximum Gasteiger partial charge on any atom is 0.324 e. The van der Waals surface area contributed by atoms with Gasteiger partial charge in [0.05, 0.1) is 11.8 Å². The van der Waals surface area contributed by atoms with Crippen molar-refractivity contribution < 1.29 is 35.2 Å². The van der Waals surface area contributed by atoms with Gasteiger partial charge in [0, 0.05) is 36.2 Å². The highest BCUT2D eigenvalue weighted by molar-refractivity contribution is 7.91. The first-order chi connectivity index (χ1) is 16.0. The maximum atomic E-state index is 14.9. The summed E-state index contributed by atoms with van der Waals surface area (Å²) in [7, 11) is -3.33. The molecular formula is C21H18F4N4O4S. The molecule has 2 aromatic carbocycles. The van der Waals surface area contributed by atoms with Gasteiger partial charge in [0.25, 0.3) is 5.89 Å². The predicted octanol–water partition coefficient (Wildman–Crippen LogP) is 3.81. The van der Waals surface area contributed by atoms with E-state index in [1.807, 2.05) is 0 Å². The Morgan fingerprint density at radius 2 is 1.91 bits per heavy atom. The van der Waals surface area contributed by atoms with Gasteiger partial charge in [-0.25, -0.2) is 22.0 Å². The van der Waals surface area contributed by atoms with E-state index >= 15 is 0 Å². The summed E-state index contributed by atoms with van der Waals surface area (Å²) in [6.45, 7) is -0.371. The molecule has 34 heavy (non-hydrogen) atoms. The Hall–Kier alpha value is -3.48. The highest BCUT2D eigenvalue weighted by Crippen LogP contribution is 2.28. The molecule has 0 spiro atoms. The molecule has 0 saturated carbocycles. The second-order valence-corrected chi connectivity index (χ2v) is 10.1. The van der Waals surface area contributed by atoms with Crippen molar-refractivity contribution in [2.24, 2.45) is 0 Å². The summed E-state index contributed by atoms with van der Waals surface area (Å²) in [6.07, 6.45) is -1.89. The predicted molar refractivity (Wildman–Crippen MR) is 113 cm³/mol. The second-order valence-electron chi connectivity index (χ2n) is 7.76. The number of likely N-dealkylation sites (tertiary alicyclic amines) is 1. The van der Waals surface area contributed by atoms with E-state index < -0.39 is 45.1 Å². The number of anilines is 1. The molecule has 0 aliphatic carbocycles. The molecule has 4 rings (SSSR count). The average molecular weight is 498 g/mol. The molecule has 0 atom stereocenters. The molecule has 1 aromatic heterocycles. The van der Waals surface area contributed by atoms with Gasteiger partial charge < -0.3 is 9.32 Å². The average Bonchev–Trinajstić information content (AvgIpc) is 3.21. The minimum atomic E-state index is -3.33. The minimum absolute atomic E-state index is 0.0332. The van der Waals surface area contributed by atoms with Gasteiger partial charge in [-0.2, -0.15) is 8.78 Å². The van der Waals surface area contributed by atoms with Crippen molar-refractivity contribution in [2.75, 3.05) is 24.2 Å². The number of urea groups is 1. The van der Waals surface area contributed by atoms with E-state index in [0.717, 1.165) is 23.3 Å².